The maximum atomic E-state index is 10.8. The summed E-state index contributed by atoms with van der Waals surface area (Å²) >= 11 is 0. The fourth-order valence-electron chi connectivity index (χ4n) is 1.49. The number of hydrogen-bond acceptors (Lipinski definition) is 2. The number of pyridine rings is 1. The van der Waals surface area contributed by atoms with Gasteiger partial charge in [0.2, 0.25) is 5.91 Å². The lowest BCUT2D eigenvalue weighted by Crippen LogP contribution is -2.15. The van der Waals surface area contributed by atoms with Gasteiger partial charge in [-0.1, -0.05) is 13.3 Å². The molecule has 0 unspecified atom stereocenters. The summed E-state index contributed by atoms with van der Waals surface area (Å²) in [6.07, 6.45) is 4.09. The zero-order valence-electron chi connectivity index (χ0n) is 8.71. The molecule has 1 rings (SSSR count). The first-order chi connectivity index (χ1) is 6.63. The number of rotatable bonds is 4. The van der Waals surface area contributed by atoms with Crippen LogP contribution < -0.4 is 5.73 Å². The van der Waals surface area contributed by atoms with Gasteiger partial charge in [0.15, 0.2) is 0 Å². The van der Waals surface area contributed by atoms with Crippen molar-refractivity contribution in [3.05, 3.63) is 29.1 Å². The molecule has 1 aromatic rings. The lowest BCUT2D eigenvalue weighted by atomic mass is 10.0. The highest BCUT2D eigenvalue weighted by Gasteiger charge is 2.05. The highest BCUT2D eigenvalue weighted by Crippen LogP contribution is 2.12. The van der Waals surface area contributed by atoms with Gasteiger partial charge in [-0.15, -0.1) is 0 Å². The molecule has 0 aliphatic carbocycles. The van der Waals surface area contributed by atoms with Crippen molar-refractivity contribution < 1.29 is 4.79 Å². The molecule has 1 amide bonds. The average molecular weight is 192 g/mol. The minimum atomic E-state index is -0.298. The monoisotopic (exact) mass is 192 g/mol. The molecule has 0 bridgehead atoms. The van der Waals surface area contributed by atoms with Crippen LogP contribution in [0.1, 0.15) is 30.2 Å². The van der Waals surface area contributed by atoms with E-state index >= 15 is 0 Å². The summed E-state index contributed by atoms with van der Waals surface area (Å²) in [4.78, 5) is 15.0. The summed E-state index contributed by atoms with van der Waals surface area (Å²) in [5, 5.41) is 0. The lowest BCUT2D eigenvalue weighted by molar-refractivity contribution is -0.117. The first-order valence-electron chi connectivity index (χ1n) is 4.86. The van der Waals surface area contributed by atoms with E-state index in [9.17, 15) is 4.79 Å². The predicted molar refractivity (Wildman–Crippen MR) is 55.9 cm³/mol. The van der Waals surface area contributed by atoms with Gasteiger partial charge in [-0.2, -0.15) is 0 Å². The molecule has 14 heavy (non-hydrogen) atoms. The molecule has 1 aromatic heterocycles. The quantitative estimate of drug-likeness (QED) is 0.783. The molecule has 0 fully saturated rings. The molecule has 0 atom stereocenters. The second-order valence-corrected chi connectivity index (χ2v) is 3.49. The van der Waals surface area contributed by atoms with Gasteiger partial charge in [-0.25, -0.2) is 0 Å². The van der Waals surface area contributed by atoms with Crippen LogP contribution in [0.4, 0.5) is 0 Å². The Labute approximate surface area is 84.3 Å². The maximum Gasteiger partial charge on any atom is 0.221 e. The SMILES string of the molecule is CCCc1cc(C)ncc1CC(N)=O. The lowest BCUT2D eigenvalue weighted by Gasteiger charge is -2.07. The summed E-state index contributed by atoms with van der Waals surface area (Å²) in [5.41, 5.74) is 8.30. The zero-order valence-corrected chi connectivity index (χ0v) is 8.71. The number of nitrogens with zero attached hydrogens (tertiary/aromatic N) is 1. The van der Waals surface area contributed by atoms with Crippen molar-refractivity contribution in [1.29, 1.82) is 0 Å². The molecule has 0 saturated heterocycles. The molecule has 0 spiro atoms. The topological polar surface area (TPSA) is 56.0 Å². The van der Waals surface area contributed by atoms with Crippen LogP contribution >= 0.6 is 0 Å². The summed E-state index contributed by atoms with van der Waals surface area (Å²) in [5.74, 6) is -0.298. The molecule has 0 aliphatic rings. The minimum Gasteiger partial charge on any atom is -0.369 e. The fraction of sp³-hybridized carbons (Fsp3) is 0.455. The van der Waals surface area contributed by atoms with Gasteiger partial charge in [0.1, 0.15) is 0 Å². The van der Waals surface area contributed by atoms with E-state index in [1.54, 1.807) is 6.20 Å². The number of amides is 1. The minimum absolute atomic E-state index is 0.294. The van der Waals surface area contributed by atoms with E-state index in [0.29, 0.717) is 6.42 Å². The van der Waals surface area contributed by atoms with Crippen LogP contribution in [-0.4, -0.2) is 10.9 Å². The van der Waals surface area contributed by atoms with Gasteiger partial charge in [-0.05, 0) is 30.5 Å². The second kappa shape index (κ2) is 4.74. The van der Waals surface area contributed by atoms with E-state index < -0.39 is 0 Å². The van der Waals surface area contributed by atoms with Crippen molar-refractivity contribution in [2.45, 2.75) is 33.1 Å². The van der Waals surface area contributed by atoms with Crippen molar-refractivity contribution in [2.24, 2.45) is 5.73 Å². The fourth-order valence-corrected chi connectivity index (χ4v) is 1.49. The molecule has 0 saturated carbocycles. The number of hydrogen-bond donors (Lipinski definition) is 1. The Kier molecular flexibility index (Phi) is 3.63. The van der Waals surface area contributed by atoms with E-state index in [1.165, 1.54) is 5.56 Å². The number of carbonyl (C=O) groups excluding carboxylic acids is 1. The normalized spacial score (nSPS) is 10.1. The predicted octanol–water partition coefficient (Wildman–Crippen LogP) is 1.37. The Hall–Kier alpha value is -1.38. The Morgan fingerprint density at radius 1 is 1.50 bits per heavy atom. The average Bonchev–Trinajstić information content (AvgIpc) is 2.09. The highest BCUT2D eigenvalue weighted by atomic mass is 16.1. The van der Waals surface area contributed by atoms with Crippen molar-refractivity contribution in [3.63, 3.8) is 0 Å². The van der Waals surface area contributed by atoms with E-state index in [4.69, 9.17) is 5.73 Å². The second-order valence-electron chi connectivity index (χ2n) is 3.49. The van der Waals surface area contributed by atoms with Crippen molar-refractivity contribution >= 4 is 5.91 Å². The standard InChI is InChI=1S/C11H16N2O/c1-3-4-9-5-8(2)13-7-10(9)6-11(12)14/h5,7H,3-4,6H2,1-2H3,(H2,12,14). The van der Waals surface area contributed by atoms with Crippen molar-refractivity contribution in [1.82, 2.24) is 4.98 Å². The number of carbonyl (C=O) groups is 1. The molecule has 0 aliphatic heterocycles. The Balaban J connectivity index is 2.95. The van der Waals surface area contributed by atoms with E-state index in [0.717, 1.165) is 24.1 Å². The molecule has 0 radical (unpaired) electrons. The molecule has 2 N–H and O–H groups in total. The molecular formula is C11H16N2O. The largest absolute Gasteiger partial charge is 0.369 e. The van der Waals surface area contributed by atoms with Crippen LogP contribution in [0.5, 0.6) is 0 Å². The van der Waals surface area contributed by atoms with Crippen LogP contribution in [0.2, 0.25) is 0 Å². The third-order valence-electron chi connectivity index (χ3n) is 2.10. The number of aromatic nitrogens is 1. The third kappa shape index (κ3) is 2.83. The van der Waals surface area contributed by atoms with Crippen molar-refractivity contribution in [3.8, 4) is 0 Å². The zero-order chi connectivity index (χ0) is 10.6. The van der Waals surface area contributed by atoms with Crippen LogP contribution in [0.25, 0.3) is 0 Å². The number of nitrogens with two attached hydrogens (primary N) is 1. The molecule has 76 valence electrons. The van der Waals surface area contributed by atoms with E-state index in [2.05, 4.69) is 11.9 Å². The number of aryl methyl sites for hydroxylation is 2. The Morgan fingerprint density at radius 3 is 2.79 bits per heavy atom. The van der Waals surface area contributed by atoms with Crippen LogP contribution in [0.15, 0.2) is 12.3 Å². The van der Waals surface area contributed by atoms with Crippen LogP contribution in [0.3, 0.4) is 0 Å². The van der Waals surface area contributed by atoms with Gasteiger partial charge in [0, 0.05) is 11.9 Å². The van der Waals surface area contributed by atoms with Gasteiger partial charge >= 0.3 is 0 Å². The van der Waals surface area contributed by atoms with Gasteiger partial charge in [-0.3, -0.25) is 9.78 Å². The molecule has 3 nitrogen and oxygen atoms in total. The van der Waals surface area contributed by atoms with Gasteiger partial charge in [0.05, 0.1) is 6.42 Å². The van der Waals surface area contributed by atoms with Gasteiger partial charge in [0.25, 0.3) is 0 Å². The molecule has 0 aromatic carbocycles. The van der Waals surface area contributed by atoms with E-state index in [1.807, 2.05) is 13.0 Å². The highest BCUT2D eigenvalue weighted by molar-refractivity contribution is 5.76. The van der Waals surface area contributed by atoms with Crippen LogP contribution in [-0.2, 0) is 17.6 Å². The van der Waals surface area contributed by atoms with Gasteiger partial charge < -0.3 is 5.73 Å². The van der Waals surface area contributed by atoms with E-state index in [-0.39, 0.29) is 5.91 Å². The Morgan fingerprint density at radius 2 is 2.21 bits per heavy atom. The third-order valence-corrected chi connectivity index (χ3v) is 2.10. The molecule has 1 heterocycles. The summed E-state index contributed by atoms with van der Waals surface area (Å²) < 4.78 is 0. The summed E-state index contributed by atoms with van der Waals surface area (Å²) in [7, 11) is 0. The first-order valence-corrected chi connectivity index (χ1v) is 4.86. The maximum absolute atomic E-state index is 10.8. The molecular weight excluding hydrogens is 176 g/mol. The molecule has 3 heteroatoms. The first kappa shape index (κ1) is 10.7. The smallest absolute Gasteiger partial charge is 0.221 e. The summed E-state index contributed by atoms with van der Waals surface area (Å²) in [6, 6.07) is 2.03. The van der Waals surface area contributed by atoms with Crippen molar-refractivity contribution in [2.75, 3.05) is 0 Å². The Bertz CT molecular complexity index is 334. The van der Waals surface area contributed by atoms with Crippen LogP contribution in [0, 0.1) is 6.92 Å². The summed E-state index contributed by atoms with van der Waals surface area (Å²) in [6.45, 7) is 4.07. The number of primary amides is 1.